The van der Waals surface area contributed by atoms with Crippen LogP contribution in [0.4, 0.5) is 0 Å². The van der Waals surface area contributed by atoms with E-state index >= 15 is 0 Å². The molecule has 1 nitrogen and oxygen atoms in total. The summed E-state index contributed by atoms with van der Waals surface area (Å²) in [4.78, 5) is 0. The van der Waals surface area contributed by atoms with Crippen molar-refractivity contribution in [2.45, 2.75) is 12.8 Å². The van der Waals surface area contributed by atoms with E-state index in [2.05, 4.69) is 37.9 Å². The van der Waals surface area contributed by atoms with Crippen molar-refractivity contribution in [2.24, 2.45) is 0 Å². The summed E-state index contributed by atoms with van der Waals surface area (Å²) in [6, 6.07) is 8.17. The lowest BCUT2D eigenvalue weighted by molar-refractivity contribution is 1.01. The predicted octanol–water partition coefficient (Wildman–Crippen LogP) is 3.67. The summed E-state index contributed by atoms with van der Waals surface area (Å²) in [6.45, 7) is 0. The van der Waals surface area contributed by atoms with Gasteiger partial charge in [0.1, 0.15) is 0 Å². The maximum atomic E-state index is 8.39. The van der Waals surface area contributed by atoms with Crippen LogP contribution in [0.15, 0.2) is 27.1 Å². The fourth-order valence-electron chi connectivity index (χ4n) is 0.956. The Morgan fingerprint density at radius 1 is 1.17 bits per heavy atom. The van der Waals surface area contributed by atoms with Gasteiger partial charge in [-0.25, -0.2) is 0 Å². The topological polar surface area (TPSA) is 23.8 Å². The molecule has 0 aliphatic carbocycles. The first-order valence-electron chi connectivity index (χ1n) is 3.54. The van der Waals surface area contributed by atoms with Gasteiger partial charge in [-0.15, -0.1) is 0 Å². The highest BCUT2D eigenvalue weighted by molar-refractivity contribution is 9.11. The van der Waals surface area contributed by atoms with Crippen LogP contribution in [-0.2, 0) is 6.42 Å². The lowest BCUT2D eigenvalue weighted by Crippen LogP contribution is -1.83. The monoisotopic (exact) mass is 287 g/mol. The van der Waals surface area contributed by atoms with E-state index in [-0.39, 0.29) is 0 Å². The molecule has 1 rings (SSSR count). The van der Waals surface area contributed by atoms with Crippen LogP contribution in [0.2, 0.25) is 0 Å². The minimum Gasteiger partial charge on any atom is -0.198 e. The summed E-state index contributed by atoms with van der Waals surface area (Å²) in [5.74, 6) is 0. The number of nitrogens with zero attached hydrogens (tertiary/aromatic N) is 1. The zero-order valence-corrected chi connectivity index (χ0v) is 9.52. The van der Waals surface area contributed by atoms with Crippen molar-refractivity contribution in [2.75, 3.05) is 0 Å². The van der Waals surface area contributed by atoms with Gasteiger partial charge in [0.15, 0.2) is 0 Å². The number of benzene rings is 1. The standard InChI is InChI=1S/C9H7Br2N/c10-8-4-7(2-1-3-12)5-9(11)6-8/h4-6H,1-2H2. The summed E-state index contributed by atoms with van der Waals surface area (Å²) < 4.78 is 2.09. The van der Waals surface area contributed by atoms with Crippen LogP contribution in [0.1, 0.15) is 12.0 Å². The SMILES string of the molecule is N#CCCc1cc(Br)cc(Br)c1. The van der Waals surface area contributed by atoms with E-state index in [0.29, 0.717) is 6.42 Å². The first kappa shape index (κ1) is 9.76. The first-order valence-corrected chi connectivity index (χ1v) is 5.13. The van der Waals surface area contributed by atoms with E-state index < -0.39 is 0 Å². The molecular weight excluding hydrogens is 282 g/mol. The van der Waals surface area contributed by atoms with Crippen LogP contribution in [0.5, 0.6) is 0 Å². The maximum absolute atomic E-state index is 8.39. The smallest absolute Gasteiger partial charge is 0.0625 e. The van der Waals surface area contributed by atoms with Crippen molar-refractivity contribution < 1.29 is 0 Å². The Kier molecular flexibility index (Phi) is 3.77. The van der Waals surface area contributed by atoms with Gasteiger partial charge in [-0.1, -0.05) is 31.9 Å². The van der Waals surface area contributed by atoms with E-state index in [1.165, 1.54) is 5.56 Å². The lowest BCUT2D eigenvalue weighted by Gasteiger charge is -1.99. The molecule has 0 spiro atoms. The van der Waals surface area contributed by atoms with Crippen LogP contribution in [0, 0.1) is 11.3 Å². The van der Waals surface area contributed by atoms with E-state index in [0.717, 1.165) is 15.4 Å². The second-order valence-corrected chi connectivity index (χ2v) is 4.27. The van der Waals surface area contributed by atoms with Crippen molar-refractivity contribution in [1.29, 1.82) is 5.26 Å². The average Bonchev–Trinajstić information content (AvgIpc) is 1.99. The fourth-order valence-corrected chi connectivity index (χ4v) is 2.34. The molecule has 62 valence electrons. The molecule has 0 atom stereocenters. The van der Waals surface area contributed by atoms with Gasteiger partial charge in [0.05, 0.1) is 6.07 Å². The number of aryl methyl sites for hydroxylation is 1. The Bertz CT molecular complexity index is 295. The Hall–Kier alpha value is -0.330. The second-order valence-electron chi connectivity index (χ2n) is 2.44. The van der Waals surface area contributed by atoms with Crippen molar-refractivity contribution in [1.82, 2.24) is 0 Å². The predicted molar refractivity (Wildman–Crippen MR) is 55.8 cm³/mol. The zero-order valence-electron chi connectivity index (χ0n) is 6.35. The van der Waals surface area contributed by atoms with Gasteiger partial charge in [0.2, 0.25) is 0 Å². The second kappa shape index (κ2) is 4.64. The molecule has 0 aliphatic rings. The zero-order chi connectivity index (χ0) is 8.97. The largest absolute Gasteiger partial charge is 0.198 e. The van der Waals surface area contributed by atoms with Crippen LogP contribution >= 0.6 is 31.9 Å². The van der Waals surface area contributed by atoms with E-state index in [1.807, 2.05) is 18.2 Å². The van der Waals surface area contributed by atoms with Gasteiger partial charge in [-0.2, -0.15) is 5.26 Å². The van der Waals surface area contributed by atoms with Gasteiger partial charge < -0.3 is 0 Å². The molecule has 0 bridgehead atoms. The van der Waals surface area contributed by atoms with Gasteiger partial charge >= 0.3 is 0 Å². The highest BCUT2D eigenvalue weighted by Gasteiger charge is 1.96. The van der Waals surface area contributed by atoms with Gasteiger partial charge in [-0.05, 0) is 30.2 Å². The molecule has 1 aromatic rings. The maximum Gasteiger partial charge on any atom is 0.0625 e. The number of nitriles is 1. The normalized spacial score (nSPS) is 9.42. The summed E-state index contributed by atoms with van der Waals surface area (Å²) in [6.07, 6.45) is 1.39. The number of hydrogen-bond acceptors (Lipinski definition) is 1. The number of rotatable bonds is 2. The van der Waals surface area contributed by atoms with Crippen LogP contribution in [-0.4, -0.2) is 0 Å². The quantitative estimate of drug-likeness (QED) is 0.815. The molecule has 0 saturated carbocycles. The van der Waals surface area contributed by atoms with Gasteiger partial charge in [-0.3, -0.25) is 0 Å². The molecule has 0 amide bonds. The van der Waals surface area contributed by atoms with Crippen LogP contribution in [0.3, 0.4) is 0 Å². The number of hydrogen-bond donors (Lipinski definition) is 0. The molecule has 3 heteroatoms. The van der Waals surface area contributed by atoms with E-state index in [9.17, 15) is 0 Å². The van der Waals surface area contributed by atoms with Gasteiger partial charge in [0, 0.05) is 15.4 Å². The number of halogens is 2. The third-order valence-electron chi connectivity index (χ3n) is 1.45. The summed E-state index contributed by atoms with van der Waals surface area (Å²) in [5, 5.41) is 8.39. The molecule has 0 aromatic heterocycles. The molecule has 0 radical (unpaired) electrons. The lowest BCUT2D eigenvalue weighted by atomic mass is 10.1. The molecule has 0 N–H and O–H groups in total. The van der Waals surface area contributed by atoms with Crippen LogP contribution in [0.25, 0.3) is 0 Å². The molecule has 0 heterocycles. The van der Waals surface area contributed by atoms with Crippen molar-refractivity contribution in [3.63, 3.8) is 0 Å². The van der Waals surface area contributed by atoms with Crippen LogP contribution < -0.4 is 0 Å². The Morgan fingerprint density at radius 2 is 1.75 bits per heavy atom. The van der Waals surface area contributed by atoms with Crippen molar-refractivity contribution in [3.05, 3.63) is 32.7 Å². The average molecular weight is 289 g/mol. The fraction of sp³-hybridized carbons (Fsp3) is 0.222. The summed E-state index contributed by atoms with van der Waals surface area (Å²) >= 11 is 6.78. The molecular formula is C9H7Br2N. The third kappa shape index (κ3) is 2.96. The molecule has 0 aliphatic heterocycles. The molecule has 0 unspecified atom stereocenters. The molecule has 0 saturated heterocycles. The third-order valence-corrected chi connectivity index (χ3v) is 2.36. The summed E-state index contributed by atoms with van der Waals surface area (Å²) in [5.41, 5.74) is 1.18. The van der Waals surface area contributed by atoms with Crippen molar-refractivity contribution >= 4 is 31.9 Å². The highest BCUT2D eigenvalue weighted by Crippen LogP contribution is 2.20. The van der Waals surface area contributed by atoms with Gasteiger partial charge in [0.25, 0.3) is 0 Å². The minimum absolute atomic E-state index is 0.572. The highest BCUT2D eigenvalue weighted by atomic mass is 79.9. The summed E-state index contributed by atoms with van der Waals surface area (Å²) in [7, 11) is 0. The first-order chi connectivity index (χ1) is 5.72. The molecule has 12 heavy (non-hydrogen) atoms. The minimum atomic E-state index is 0.572. The Morgan fingerprint density at radius 3 is 2.25 bits per heavy atom. The van der Waals surface area contributed by atoms with Crippen molar-refractivity contribution in [3.8, 4) is 6.07 Å². The molecule has 0 fully saturated rings. The Balaban J connectivity index is 2.80. The van der Waals surface area contributed by atoms with E-state index in [4.69, 9.17) is 5.26 Å². The molecule has 1 aromatic carbocycles. The van der Waals surface area contributed by atoms with E-state index in [1.54, 1.807) is 0 Å². The Labute approximate surface area is 88.7 Å².